The Kier molecular flexibility index (Phi) is 3.33. The normalized spacial score (nSPS) is 44.1. The minimum Gasteiger partial charge on any atom is -0.347 e. The molecule has 3 aliphatic carbocycles. The van der Waals surface area contributed by atoms with Gasteiger partial charge in [0.05, 0.1) is 18.6 Å². The van der Waals surface area contributed by atoms with Gasteiger partial charge < -0.3 is 9.47 Å². The molecule has 0 aromatic rings. The summed E-state index contributed by atoms with van der Waals surface area (Å²) in [4.78, 5) is 0. The van der Waals surface area contributed by atoms with Crippen molar-refractivity contribution in [3.05, 3.63) is 11.6 Å². The zero-order chi connectivity index (χ0) is 16.3. The number of fused-ring (bicyclic) bond motifs is 3. The fraction of sp³-hybridized carbons (Fsp3) is 0.810. The second-order valence-electron chi connectivity index (χ2n) is 8.92. The van der Waals surface area contributed by atoms with Gasteiger partial charge in [0.1, 0.15) is 0 Å². The van der Waals surface area contributed by atoms with Gasteiger partial charge in [-0.05, 0) is 55.4 Å². The fourth-order valence-corrected chi connectivity index (χ4v) is 6.59. The second-order valence-corrected chi connectivity index (χ2v) is 8.92. The number of ether oxygens (including phenoxy) is 2. The largest absolute Gasteiger partial charge is 0.347 e. The van der Waals surface area contributed by atoms with Gasteiger partial charge in [0, 0.05) is 11.8 Å². The summed E-state index contributed by atoms with van der Waals surface area (Å²) in [6.45, 7) is 8.69. The molecule has 1 heterocycles. The monoisotopic (exact) mass is 314 g/mol. The molecule has 126 valence electrons. The molecule has 3 unspecified atom stereocenters. The van der Waals surface area contributed by atoms with Crippen LogP contribution in [0.3, 0.4) is 0 Å². The van der Waals surface area contributed by atoms with Crippen molar-refractivity contribution in [1.82, 2.24) is 0 Å². The quantitative estimate of drug-likeness (QED) is 0.477. The van der Waals surface area contributed by atoms with E-state index in [0.29, 0.717) is 5.92 Å². The van der Waals surface area contributed by atoms with Crippen LogP contribution in [0.1, 0.15) is 65.7 Å². The van der Waals surface area contributed by atoms with Crippen LogP contribution in [0, 0.1) is 34.5 Å². The highest BCUT2D eigenvalue weighted by Crippen LogP contribution is 2.68. The van der Waals surface area contributed by atoms with E-state index >= 15 is 0 Å². The Morgan fingerprint density at radius 3 is 2.52 bits per heavy atom. The molecule has 1 spiro atoms. The summed E-state index contributed by atoms with van der Waals surface area (Å²) in [7, 11) is 0. The van der Waals surface area contributed by atoms with Crippen LogP contribution >= 0.6 is 0 Å². The SMILES string of the molecule is C#CC12CCCC=C1C1(C)CCC3(OCCO3)C(C)(C)C1CC2. The van der Waals surface area contributed by atoms with Crippen LogP contribution in [0.4, 0.5) is 0 Å². The van der Waals surface area contributed by atoms with Gasteiger partial charge in [0.25, 0.3) is 0 Å². The van der Waals surface area contributed by atoms with Crippen molar-refractivity contribution in [2.45, 2.75) is 71.5 Å². The van der Waals surface area contributed by atoms with Crippen molar-refractivity contribution in [3.8, 4) is 12.3 Å². The van der Waals surface area contributed by atoms with Crippen molar-refractivity contribution in [1.29, 1.82) is 0 Å². The smallest absolute Gasteiger partial charge is 0.173 e. The molecule has 2 heteroatoms. The van der Waals surface area contributed by atoms with E-state index < -0.39 is 0 Å². The van der Waals surface area contributed by atoms with Crippen LogP contribution < -0.4 is 0 Å². The minimum absolute atomic E-state index is 0.0234. The van der Waals surface area contributed by atoms with Gasteiger partial charge in [-0.2, -0.15) is 0 Å². The number of terminal acetylenes is 1. The van der Waals surface area contributed by atoms with Crippen LogP contribution in [0.15, 0.2) is 11.6 Å². The molecule has 4 rings (SSSR count). The molecular formula is C21H30O2. The lowest BCUT2D eigenvalue weighted by Crippen LogP contribution is -2.61. The minimum atomic E-state index is -0.372. The van der Waals surface area contributed by atoms with Crippen molar-refractivity contribution >= 4 is 0 Å². The topological polar surface area (TPSA) is 18.5 Å². The van der Waals surface area contributed by atoms with Gasteiger partial charge in [-0.15, -0.1) is 6.42 Å². The maximum Gasteiger partial charge on any atom is 0.173 e. The predicted molar refractivity (Wildman–Crippen MR) is 91.7 cm³/mol. The van der Waals surface area contributed by atoms with E-state index in [9.17, 15) is 0 Å². The van der Waals surface area contributed by atoms with Crippen molar-refractivity contribution in [2.24, 2.45) is 22.2 Å². The summed E-state index contributed by atoms with van der Waals surface area (Å²) < 4.78 is 12.4. The average Bonchev–Trinajstić information content (AvgIpc) is 3.03. The predicted octanol–water partition coefficient (Wildman–Crippen LogP) is 4.70. The van der Waals surface area contributed by atoms with E-state index in [1.165, 1.54) is 25.7 Å². The Morgan fingerprint density at radius 2 is 1.83 bits per heavy atom. The van der Waals surface area contributed by atoms with E-state index in [2.05, 4.69) is 32.8 Å². The van der Waals surface area contributed by atoms with Gasteiger partial charge in [-0.3, -0.25) is 0 Å². The zero-order valence-electron chi connectivity index (χ0n) is 14.9. The van der Waals surface area contributed by atoms with Gasteiger partial charge in [0.2, 0.25) is 0 Å². The second kappa shape index (κ2) is 4.87. The van der Waals surface area contributed by atoms with Gasteiger partial charge >= 0.3 is 0 Å². The third kappa shape index (κ3) is 1.84. The lowest BCUT2D eigenvalue weighted by molar-refractivity contribution is -0.284. The molecule has 0 radical (unpaired) electrons. The van der Waals surface area contributed by atoms with Crippen LogP contribution in [0.5, 0.6) is 0 Å². The molecular weight excluding hydrogens is 284 g/mol. The van der Waals surface area contributed by atoms with Crippen molar-refractivity contribution in [2.75, 3.05) is 13.2 Å². The number of hydrogen-bond donors (Lipinski definition) is 0. The van der Waals surface area contributed by atoms with E-state index in [-0.39, 0.29) is 22.0 Å². The first kappa shape index (κ1) is 15.7. The van der Waals surface area contributed by atoms with E-state index in [4.69, 9.17) is 15.9 Å². The average molecular weight is 314 g/mol. The highest BCUT2D eigenvalue weighted by Gasteiger charge is 2.65. The van der Waals surface area contributed by atoms with E-state index in [1.807, 2.05) is 0 Å². The first-order valence-corrected chi connectivity index (χ1v) is 9.37. The lowest BCUT2D eigenvalue weighted by Gasteiger charge is -2.64. The Morgan fingerprint density at radius 1 is 1.09 bits per heavy atom. The summed E-state index contributed by atoms with van der Waals surface area (Å²) >= 11 is 0. The van der Waals surface area contributed by atoms with Gasteiger partial charge in [-0.1, -0.05) is 32.8 Å². The molecule has 0 aromatic carbocycles. The highest BCUT2D eigenvalue weighted by molar-refractivity contribution is 5.38. The number of rotatable bonds is 0. The Hall–Kier alpha value is -0.780. The standard InChI is InChI=1S/C21H30O2/c1-5-20-10-7-6-8-17(20)19(4)12-13-21(22-14-15-23-21)18(2,3)16(19)9-11-20/h1,8,16H,6-7,9-15H2,2-4H3. The maximum atomic E-state index is 6.20. The number of hydrogen-bond acceptors (Lipinski definition) is 2. The molecule has 0 amide bonds. The van der Waals surface area contributed by atoms with Crippen LogP contribution in [0.25, 0.3) is 0 Å². The highest BCUT2D eigenvalue weighted by atomic mass is 16.7. The molecule has 4 aliphatic rings. The van der Waals surface area contributed by atoms with Crippen LogP contribution in [0.2, 0.25) is 0 Å². The fourth-order valence-electron chi connectivity index (χ4n) is 6.59. The van der Waals surface area contributed by atoms with Crippen molar-refractivity contribution in [3.63, 3.8) is 0 Å². The summed E-state index contributed by atoms with van der Waals surface area (Å²) in [5.74, 6) is 3.44. The maximum absolute atomic E-state index is 6.20. The molecule has 0 N–H and O–H groups in total. The summed E-state index contributed by atoms with van der Waals surface area (Å²) in [6.07, 6.45) is 16.6. The summed E-state index contributed by atoms with van der Waals surface area (Å²) in [6, 6.07) is 0. The molecule has 0 bridgehead atoms. The third-order valence-electron chi connectivity index (χ3n) is 7.77. The van der Waals surface area contributed by atoms with E-state index in [0.717, 1.165) is 32.5 Å². The molecule has 1 aliphatic heterocycles. The molecule has 0 aromatic heterocycles. The Labute approximate surface area is 141 Å². The van der Waals surface area contributed by atoms with Crippen LogP contribution in [-0.2, 0) is 9.47 Å². The Bertz CT molecular complexity index is 575. The molecule has 2 nitrogen and oxygen atoms in total. The third-order valence-corrected chi connectivity index (χ3v) is 7.77. The summed E-state index contributed by atoms with van der Waals surface area (Å²) in [5, 5.41) is 0. The van der Waals surface area contributed by atoms with Gasteiger partial charge in [-0.25, -0.2) is 0 Å². The molecule has 3 atom stereocenters. The molecule has 1 saturated heterocycles. The zero-order valence-corrected chi connectivity index (χ0v) is 14.9. The molecule has 2 saturated carbocycles. The molecule has 3 fully saturated rings. The lowest BCUT2D eigenvalue weighted by atomic mass is 9.43. The Balaban J connectivity index is 1.78. The molecule has 23 heavy (non-hydrogen) atoms. The summed E-state index contributed by atoms with van der Waals surface area (Å²) in [5.41, 5.74) is 1.84. The van der Waals surface area contributed by atoms with Crippen molar-refractivity contribution < 1.29 is 9.47 Å². The first-order chi connectivity index (χ1) is 10.9. The first-order valence-electron chi connectivity index (χ1n) is 9.37. The van der Waals surface area contributed by atoms with Gasteiger partial charge in [0.15, 0.2) is 5.79 Å². The van der Waals surface area contributed by atoms with E-state index in [1.54, 1.807) is 5.57 Å². The van der Waals surface area contributed by atoms with Crippen LogP contribution in [-0.4, -0.2) is 19.0 Å². The number of allylic oxidation sites excluding steroid dienone is 2.